The first-order valence-corrected chi connectivity index (χ1v) is 6.93. The molecule has 2 atom stereocenters. The van der Waals surface area contributed by atoms with Gasteiger partial charge in [-0.15, -0.1) is 0 Å². The van der Waals surface area contributed by atoms with Crippen molar-refractivity contribution in [2.24, 2.45) is 5.92 Å². The Bertz CT molecular complexity index is 414. The van der Waals surface area contributed by atoms with E-state index in [4.69, 9.17) is 0 Å². The zero-order valence-corrected chi connectivity index (χ0v) is 12.2. The number of anilines is 1. The Labute approximate surface area is 111 Å². The molecule has 2 unspecified atom stereocenters. The minimum absolute atomic E-state index is 0.542. The molecule has 0 radical (unpaired) electrons. The fraction of sp³-hybridized carbons (Fsp3) is 0.667. The molecule has 0 bridgehead atoms. The molecule has 0 aliphatic carbocycles. The Morgan fingerprint density at radius 1 is 1.33 bits per heavy atom. The van der Waals surface area contributed by atoms with Gasteiger partial charge >= 0.3 is 0 Å². The number of nitrogens with one attached hydrogen (secondary N) is 1. The summed E-state index contributed by atoms with van der Waals surface area (Å²) in [5.41, 5.74) is 3.54. The lowest BCUT2D eigenvalue weighted by atomic mass is 9.97. The highest BCUT2D eigenvalue weighted by atomic mass is 15.2. The van der Waals surface area contributed by atoms with Crippen molar-refractivity contribution in [1.82, 2.24) is 10.3 Å². The number of piperazine rings is 1. The lowest BCUT2D eigenvalue weighted by Gasteiger charge is -2.43. The third-order valence-electron chi connectivity index (χ3n) is 3.82. The first-order valence-electron chi connectivity index (χ1n) is 6.93. The maximum Gasteiger partial charge on any atom is 0.0609 e. The van der Waals surface area contributed by atoms with E-state index >= 15 is 0 Å². The normalized spacial score (nSPS) is 24.7. The highest BCUT2D eigenvalue weighted by molar-refractivity contribution is 5.52. The molecule has 0 amide bonds. The quantitative estimate of drug-likeness (QED) is 0.870. The van der Waals surface area contributed by atoms with E-state index in [0.717, 1.165) is 24.5 Å². The molecule has 1 aliphatic heterocycles. The van der Waals surface area contributed by atoms with E-state index in [1.54, 1.807) is 0 Å². The Balaban J connectivity index is 2.32. The van der Waals surface area contributed by atoms with Crippen molar-refractivity contribution in [1.29, 1.82) is 0 Å². The monoisotopic (exact) mass is 247 g/mol. The molecular formula is C15H25N3. The molecule has 1 saturated heterocycles. The Morgan fingerprint density at radius 3 is 2.67 bits per heavy atom. The first-order chi connectivity index (χ1) is 8.49. The first kappa shape index (κ1) is 13.3. The summed E-state index contributed by atoms with van der Waals surface area (Å²) in [7, 11) is 0. The fourth-order valence-corrected chi connectivity index (χ4v) is 2.78. The van der Waals surface area contributed by atoms with Crippen LogP contribution < -0.4 is 10.2 Å². The van der Waals surface area contributed by atoms with Gasteiger partial charge < -0.3 is 10.2 Å². The number of rotatable bonds is 2. The van der Waals surface area contributed by atoms with Gasteiger partial charge in [-0.25, -0.2) is 0 Å². The Hall–Kier alpha value is -1.09. The number of nitrogens with zero attached hydrogens (tertiary/aromatic N) is 2. The standard InChI is InChI=1S/C15H25N3/c1-10(2)15-8-16-12(4)9-18(15)14-7-6-11(3)17-13(14)5/h6-7,10,12,15-16H,8-9H2,1-5H3. The van der Waals surface area contributed by atoms with Crippen LogP contribution in [-0.2, 0) is 0 Å². The predicted molar refractivity (Wildman–Crippen MR) is 77.1 cm³/mol. The van der Waals surface area contributed by atoms with Crippen LogP contribution in [0.3, 0.4) is 0 Å². The van der Waals surface area contributed by atoms with Gasteiger partial charge in [-0.3, -0.25) is 4.98 Å². The van der Waals surface area contributed by atoms with E-state index < -0.39 is 0 Å². The topological polar surface area (TPSA) is 28.2 Å². The molecule has 0 aromatic carbocycles. The fourth-order valence-electron chi connectivity index (χ4n) is 2.78. The third kappa shape index (κ3) is 2.66. The molecule has 1 N–H and O–H groups in total. The minimum atomic E-state index is 0.542. The van der Waals surface area contributed by atoms with Crippen LogP contribution >= 0.6 is 0 Å². The summed E-state index contributed by atoms with van der Waals surface area (Å²) in [5.74, 6) is 0.644. The van der Waals surface area contributed by atoms with Crippen molar-refractivity contribution in [2.75, 3.05) is 18.0 Å². The molecular weight excluding hydrogens is 222 g/mol. The van der Waals surface area contributed by atoms with Crippen molar-refractivity contribution in [3.8, 4) is 0 Å². The lowest BCUT2D eigenvalue weighted by molar-refractivity contribution is 0.348. The maximum atomic E-state index is 4.61. The zero-order valence-electron chi connectivity index (χ0n) is 12.2. The molecule has 3 heteroatoms. The van der Waals surface area contributed by atoms with Gasteiger partial charge in [-0.05, 0) is 38.8 Å². The molecule has 1 aromatic rings. The van der Waals surface area contributed by atoms with Gasteiger partial charge in [-0.1, -0.05) is 13.8 Å². The highest BCUT2D eigenvalue weighted by Crippen LogP contribution is 2.26. The second kappa shape index (κ2) is 5.27. The number of aryl methyl sites for hydroxylation is 2. The molecule has 100 valence electrons. The summed E-state index contributed by atoms with van der Waals surface area (Å²) < 4.78 is 0. The zero-order chi connectivity index (χ0) is 13.3. The summed E-state index contributed by atoms with van der Waals surface area (Å²) in [5, 5.41) is 3.58. The van der Waals surface area contributed by atoms with Crippen molar-refractivity contribution < 1.29 is 0 Å². The van der Waals surface area contributed by atoms with E-state index in [-0.39, 0.29) is 0 Å². The molecule has 2 heterocycles. The average molecular weight is 247 g/mol. The van der Waals surface area contributed by atoms with Crippen molar-refractivity contribution >= 4 is 5.69 Å². The average Bonchev–Trinajstić information content (AvgIpc) is 2.28. The molecule has 18 heavy (non-hydrogen) atoms. The highest BCUT2D eigenvalue weighted by Gasteiger charge is 2.29. The van der Waals surface area contributed by atoms with E-state index in [1.165, 1.54) is 5.69 Å². The van der Waals surface area contributed by atoms with Crippen LogP contribution in [0.5, 0.6) is 0 Å². The van der Waals surface area contributed by atoms with Crippen LogP contribution in [0.2, 0.25) is 0 Å². The van der Waals surface area contributed by atoms with E-state index in [9.17, 15) is 0 Å². The molecule has 0 saturated carbocycles. The third-order valence-corrected chi connectivity index (χ3v) is 3.82. The summed E-state index contributed by atoms with van der Waals surface area (Å²) in [6.45, 7) is 13.1. The molecule has 1 aliphatic rings. The number of aromatic nitrogens is 1. The van der Waals surface area contributed by atoms with Crippen LogP contribution in [-0.4, -0.2) is 30.2 Å². The molecule has 0 spiro atoms. The van der Waals surface area contributed by atoms with Gasteiger partial charge in [0.2, 0.25) is 0 Å². The van der Waals surface area contributed by atoms with E-state index in [1.807, 2.05) is 0 Å². The van der Waals surface area contributed by atoms with Crippen LogP contribution in [0.4, 0.5) is 5.69 Å². The van der Waals surface area contributed by atoms with Gasteiger partial charge in [0.1, 0.15) is 0 Å². The van der Waals surface area contributed by atoms with Crippen LogP contribution in [0.1, 0.15) is 32.2 Å². The molecule has 2 rings (SSSR count). The van der Waals surface area contributed by atoms with Gasteiger partial charge in [0.05, 0.1) is 11.4 Å². The van der Waals surface area contributed by atoms with Crippen molar-refractivity contribution in [3.05, 3.63) is 23.5 Å². The maximum absolute atomic E-state index is 4.61. The second-order valence-electron chi connectivity index (χ2n) is 5.83. The van der Waals surface area contributed by atoms with Crippen molar-refractivity contribution in [3.63, 3.8) is 0 Å². The van der Waals surface area contributed by atoms with Gasteiger partial charge in [0, 0.05) is 30.9 Å². The summed E-state index contributed by atoms with van der Waals surface area (Å²) in [4.78, 5) is 7.14. The minimum Gasteiger partial charge on any atom is -0.364 e. The van der Waals surface area contributed by atoms with Gasteiger partial charge in [0.25, 0.3) is 0 Å². The Morgan fingerprint density at radius 2 is 2.06 bits per heavy atom. The second-order valence-corrected chi connectivity index (χ2v) is 5.83. The largest absolute Gasteiger partial charge is 0.364 e. The van der Waals surface area contributed by atoms with Crippen LogP contribution in [0, 0.1) is 19.8 Å². The number of hydrogen-bond donors (Lipinski definition) is 1. The predicted octanol–water partition coefficient (Wildman–Crippen LogP) is 2.52. The van der Waals surface area contributed by atoms with Gasteiger partial charge in [0.15, 0.2) is 0 Å². The van der Waals surface area contributed by atoms with Crippen molar-refractivity contribution in [2.45, 2.75) is 46.7 Å². The van der Waals surface area contributed by atoms with Crippen LogP contribution in [0.15, 0.2) is 12.1 Å². The van der Waals surface area contributed by atoms with E-state index in [2.05, 4.69) is 62.0 Å². The molecule has 3 nitrogen and oxygen atoms in total. The summed E-state index contributed by atoms with van der Waals surface area (Å²) >= 11 is 0. The summed E-state index contributed by atoms with van der Waals surface area (Å²) in [6.07, 6.45) is 0. The lowest BCUT2D eigenvalue weighted by Crippen LogP contribution is -2.57. The smallest absolute Gasteiger partial charge is 0.0609 e. The summed E-state index contributed by atoms with van der Waals surface area (Å²) in [6, 6.07) is 5.45. The Kier molecular flexibility index (Phi) is 3.91. The molecule has 1 aromatic heterocycles. The number of hydrogen-bond acceptors (Lipinski definition) is 3. The number of pyridine rings is 1. The SMILES string of the molecule is Cc1ccc(N2CC(C)NCC2C(C)C)c(C)n1. The van der Waals surface area contributed by atoms with E-state index in [0.29, 0.717) is 18.0 Å². The van der Waals surface area contributed by atoms with Gasteiger partial charge in [-0.2, -0.15) is 0 Å². The molecule has 1 fully saturated rings. The van der Waals surface area contributed by atoms with Crippen LogP contribution in [0.25, 0.3) is 0 Å².